The zero-order valence-electron chi connectivity index (χ0n) is 9.63. The van der Waals surface area contributed by atoms with E-state index in [4.69, 9.17) is 0 Å². The second kappa shape index (κ2) is 4.82. The third kappa shape index (κ3) is 2.62. The van der Waals surface area contributed by atoms with E-state index in [1.807, 2.05) is 7.05 Å². The van der Waals surface area contributed by atoms with Crippen molar-refractivity contribution in [2.75, 3.05) is 5.32 Å². The molecule has 7 heteroatoms. The van der Waals surface area contributed by atoms with E-state index in [2.05, 4.69) is 10.3 Å². The number of imidazole rings is 1. The van der Waals surface area contributed by atoms with Crippen LogP contribution >= 0.6 is 0 Å². The number of halogens is 1. The van der Waals surface area contributed by atoms with Gasteiger partial charge in [0.05, 0.1) is 29.6 Å². The molecule has 1 heterocycles. The van der Waals surface area contributed by atoms with Gasteiger partial charge in [0.25, 0.3) is 5.69 Å². The largest absolute Gasteiger partial charge is 0.379 e. The van der Waals surface area contributed by atoms with Gasteiger partial charge in [-0.15, -0.1) is 0 Å². The Labute approximate surface area is 102 Å². The van der Waals surface area contributed by atoms with Gasteiger partial charge in [0.2, 0.25) is 0 Å². The Morgan fingerprint density at radius 1 is 1.50 bits per heavy atom. The minimum Gasteiger partial charge on any atom is -0.379 e. The molecule has 2 aromatic rings. The van der Waals surface area contributed by atoms with Crippen molar-refractivity contribution < 1.29 is 9.31 Å². The molecule has 0 saturated carbocycles. The summed E-state index contributed by atoms with van der Waals surface area (Å²) in [7, 11) is 1.83. The number of aromatic nitrogens is 2. The zero-order chi connectivity index (χ0) is 13.1. The summed E-state index contributed by atoms with van der Waals surface area (Å²) in [6, 6.07) is 3.39. The summed E-state index contributed by atoms with van der Waals surface area (Å²) in [5.41, 5.74) is 0.979. The third-order valence-corrected chi connectivity index (χ3v) is 2.48. The first-order valence-electron chi connectivity index (χ1n) is 5.20. The van der Waals surface area contributed by atoms with Gasteiger partial charge in [-0.1, -0.05) is 0 Å². The van der Waals surface area contributed by atoms with Crippen LogP contribution in [0.4, 0.5) is 15.8 Å². The Morgan fingerprint density at radius 2 is 2.28 bits per heavy atom. The van der Waals surface area contributed by atoms with E-state index >= 15 is 0 Å². The van der Waals surface area contributed by atoms with Crippen LogP contribution < -0.4 is 5.32 Å². The van der Waals surface area contributed by atoms with Crippen LogP contribution in [-0.2, 0) is 13.6 Å². The first-order chi connectivity index (χ1) is 8.56. The molecule has 0 bridgehead atoms. The number of nitrogens with zero attached hydrogens (tertiary/aromatic N) is 3. The molecule has 0 aliphatic rings. The summed E-state index contributed by atoms with van der Waals surface area (Å²) in [5.74, 6) is -0.642. The Hall–Kier alpha value is -2.44. The molecule has 0 saturated heterocycles. The number of anilines is 1. The molecule has 18 heavy (non-hydrogen) atoms. The Bertz CT molecular complexity index is 582. The summed E-state index contributed by atoms with van der Waals surface area (Å²) < 4.78 is 15.0. The van der Waals surface area contributed by atoms with Crippen LogP contribution in [0.2, 0.25) is 0 Å². The first-order valence-corrected chi connectivity index (χ1v) is 5.20. The van der Waals surface area contributed by atoms with Crippen LogP contribution in [0.5, 0.6) is 0 Å². The van der Waals surface area contributed by atoms with Gasteiger partial charge in [0.15, 0.2) is 0 Å². The molecule has 0 amide bonds. The van der Waals surface area contributed by atoms with Crippen LogP contribution in [0, 0.1) is 15.9 Å². The van der Waals surface area contributed by atoms with Gasteiger partial charge in [-0.05, 0) is 6.07 Å². The predicted octanol–water partition coefficient (Wildman–Crippen LogP) is 2.08. The average Bonchev–Trinajstić information content (AvgIpc) is 2.71. The fourth-order valence-corrected chi connectivity index (χ4v) is 1.53. The van der Waals surface area contributed by atoms with E-state index in [-0.39, 0.29) is 5.69 Å². The molecular weight excluding hydrogens is 239 g/mol. The fourth-order valence-electron chi connectivity index (χ4n) is 1.53. The number of nitrogens with one attached hydrogen (secondary N) is 1. The smallest absolute Gasteiger partial charge is 0.274 e. The number of rotatable bonds is 4. The van der Waals surface area contributed by atoms with E-state index in [9.17, 15) is 14.5 Å². The van der Waals surface area contributed by atoms with Gasteiger partial charge in [-0.2, -0.15) is 0 Å². The average molecular weight is 250 g/mol. The molecular formula is C11H11FN4O2. The second-order valence-electron chi connectivity index (χ2n) is 3.80. The molecule has 0 fully saturated rings. The van der Waals surface area contributed by atoms with Gasteiger partial charge in [0, 0.05) is 25.0 Å². The topological polar surface area (TPSA) is 73.0 Å². The summed E-state index contributed by atoms with van der Waals surface area (Å²) in [6.45, 7) is 0.414. The maximum absolute atomic E-state index is 13.2. The van der Waals surface area contributed by atoms with E-state index < -0.39 is 10.7 Å². The van der Waals surface area contributed by atoms with Gasteiger partial charge < -0.3 is 9.88 Å². The summed E-state index contributed by atoms with van der Waals surface area (Å²) in [6.07, 6.45) is 3.31. The lowest BCUT2D eigenvalue weighted by molar-refractivity contribution is -0.385. The van der Waals surface area contributed by atoms with Gasteiger partial charge in [-0.3, -0.25) is 10.1 Å². The molecule has 0 atom stereocenters. The normalized spacial score (nSPS) is 10.3. The second-order valence-corrected chi connectivity index (χ2v) is 3.80. The maximum atomic E-state index is 13.2. The highest BCUT2D eigenvalue weighted by molar-refractivity contribution is 5.51. The Morgan fingerprint density at radius 3 is 2.89 bits per heavy atom. The lowest BCUT2D eigenvalue weighted by Crippen LogP contribution is -2.04. The van der Waals surface area contributed by atoms with Crippen molar-refractivity contribution >= 4 is 11.4 Å². The van der Waals surface area contributed by atoms with E-state index in [0.29, 0.717) is 12.2 Å². The molecule has 0 aliphatic heterocycles. The van der Waals surface area contributed by atoms with E-state index in [0.717, 1.165) is 11.8 Å². The van der Waals surface area contributed by atoms with Crippen LogP contribution in [-0.4, -0.2) is 14.5 Å². The molecule has 2 rings (SSSR count). The summed E-state index contributed by atoms with van der Waals surface area (Å²) in [5, 5.41) is 13.5. The SMILES string of the molecule is Cn1cncc1CNc1cc(F)cc([N+](=O)[O-])c1. The molecule has 0 radical (unpaired) electrons. The highest BCUT2D eigenvalue weighted by atomic mass is 19.1. The molecule has 6 nitrogen and oxygen atoms in total. The van der Waals surface area contributed by atoms with E-state index in [1.165, 1.54) is 12.1 Å². The van der Waals surface area contributed by atoms with Crippen molar-refractivity contribution in [3.05, 3.63) is 52.3 Å². The number of hydrogen-bond donors (Lipinski definition) is 1. The van der Waals surface area contributed by atoms with Crippen LogP contribution in [0.15, 0.2) is 30.7 Å². The van der Waals surface area contributed by atoms with Crippen molar-refractivity contribution in [2.24, 2.45) is 7.05 Å². The molecule has 1 aromatic heterocycles. The number of hydrogen-bond acceptors (Lipinski definition) is 4. The first kappa shape index (κ1) is 12.0. The molecule has 0 unspecified atom stereocenters. The maximum Gasteiger partial charge on any atom is 0.274 e. The third-order valence-electron chi connectivity index (χ3n) is 2.48. The van der Waals surface area contributed by atoms with Gasteiger partial charge in [-0.25, -0.2) is 9.37 Å². The number of nitro groups is 1. The monoisotopic (exact) mass is 250 g/mol. The number of benzene rings is 1. The Balaban J connectivity index is 2.14. The van der Waals surface area contributed by atoms with Gasteiger partial charge >= 0.3 is 0 Å². The lowest BCUT2D eigenvalue weighted by atomic mass is 10.2. The van der Waals surface area contributed by atoms with Crippen molar-refractivity contribution in [3.63, 3.8) is 0 Å². The molecule has 0 aliphatic carbocycles. The number of non-ortho nitro benzene ring substituents is 1. The van der Waals surface area contributed by atoms with E-state index in [1.54, 1.807) is 17.1 Å². The minimum atomic E-state index is -0.642. The number of nitro benzene ring substituents is 1. The fraction of sp³-hybridized carbons (Fsp3) is 0.182. The standard InChI is InChI=1S/C11H11FN4O2/c1-15-7-13-5-11(15)6-14-9-2-8(12)3-10(4-9)16(17)18/h2-5,7,14H,6H2,1H3. The summed E-state index contributed by atoms with van der Waals surface area (Å²) in [4.78, 5) is 13.9. The lowest BCUT2D eigenvalue weighted by Gasteiger charge is -2.06. The number of aryl methyl sites for hydroxylation is 1. The van der Waals surface area contributed by atoms with Gasteiger partial charge in [0.1, 0.15) is 5.82 Å². The van der Waals surface area contributed by atoms with Crippen molar-refractivity contribution in [3.8, 4) is 0 Å². The molecule has 94 valence electrons. The summed E-state index contributed by atoms with van der Waals surface area (Å²) >= 11 is 0. The van der Waals surface area contributed by atoms with Crippen molar-refractivity contribution in [2.45, 2.75) is 6.54 Å². The zero-order valence-corrected chi connectivity index (χ0v) is 9.63. The van der Waals surface area contributed by atoms with Crippen molar-refractivity contribution in [1.29, 1.82) is 0 Å². The molecule has 1 aromatic carbocycles. The quantitative estimate of drug-likeness (QED) is 0.666. The molecule has 1 N–H and O–H groups in total. The van der Waals surface area contributed by atoms with Crippen LogP contribution in [0.25, 0.3) is 0 Å². The predicted molar refractivity (Wildman–Crippen MR) is 63.6 cm³/mol. The van der Waals surface area contributed by atoms with Crippen molar-refractivity contribution in [1.82, 2.24) is 9.55 Å². The highest BCUT2D eigenvalue weighted by Crippen LogP contribution is 2.20. The van der Waals surface area contributed by atoms with Crippen LogP contribution in [0.3, 0.4) is 0 Å². The highest BCUT2D eigenvalue weighted by Gasteiger charge is 2.09. The molecule has 0 spiro atoms. The minimum absolute atomic E-state index is 0.275. The Kier molecular flexibility index (Phi) is 3.22. The van der Waals surface area contributed by atoms with Crippen LogP contribution in [0.1, 0.15) is 5.69 Å².